The number of amides is 1. The van der Waals surface area contributed by atoms with Gasteiger partial charge >= 0.3 is 0 Å². The summed E-state index contributed by atoms with van der Waals surface area (Å²) in [5, 5.41) is 19.9. The predicted octanol–water partition coefficient (Wildman–Crippen LogP) is 3.64. The van der Waals surface area contributed by atoms with Gasteiger partial charge < -0.3 is 9.30 Å². The maximum Gasteiger partial charge on any atom is 0.236 e. The van der Waals surface area contributed by atoms with Crippen LogP contribution in [0.5, 0.6) is 5.75 Å². The van der Waals surface area contributed by atoms with Crippen molar-refractivity contribution < 1.29 is 9.53 Å². The Morgan fingerprint density at radius 3 is 2.86 bits per heavy atom. The van der Waals surface area contributed by atoms with Gasteiger partial charge in [-0.2, -0.15) is 0 Å². The number of nitrogens with zero attached hydrogens (tertiary/aromatic N) is 5. The van der Waals surface area contributed by atoms with Gasteiger partial charge in [-0.1, -0.05) is 35.2 Å². The second-order valence-corrected chi connectivity index (χ2v) is 7.90. The summed E-state index contributed by atoms with van der Waals surface area (Å²) in [6.45, 7) is 8.75. The summed E-state index contributed by atoms with van der Waals surface area (Å²) in [4.78, 5) is 12.1. The number of nitrogens with one attached hydrogen (secondary N) is 1. The predicted molar refractivity (Wildman–Crippen MR) is 110 cm³/mol. The fourth-order valence-corrected chi connectivity index (χ4v) is 3.88. The normalized spacial score (nSPS) is 12.0. The van der Waals surface area contributed by atoms with Crippen LogP contribution in [0.15, 0.2) is 28.9 Å². The Morgan fingerprint density at radius 2 is 2.14 bits per heavy atom. The highest BCUT2D eigenvalue weighted by molar-refractivity contribution is 7.99. The van der Waals surface area contributed by atoms with Gasteiger partial charge in [0.05, 0.1) is 5.75 Å². The first-order valence-electron chi connectivity index (χ1n) is 8.84. The molecule has 3 rings (SSSR count). The summed E-state index contributed by atoms with van der Waals surface area (Å²) >= 11 is 2.61. The van der Waals surface area contributed by atoms with Crippen LogP contribution in [0.25, 0.3) is 0 Å². The van der Waals surface area contributed by atoms with Crippen molar-refractivity contribution in [2.24, 2.45) is 0 Å². The number of aromatic nitrogens is 5. The Bertz CT molecular complexity index is 942. The second-order valence-electron chi connectivity index (χ2n) is 6.12. The third-order valence-electron chi connectivity index (χ3n) is 4.22. The van der Waals surface area contributed by atoms with Gasteiger partial charge in [-0.15, -0.1) is 20.4 Å². The van der Waals surface area contributed by atoms with E-state index in [4.69, 9.17) is 4.74 Å². The second kappa shape index (κ2) is 9.16. The highest BCUT2D eigenvalue weighted by Gasteiger charge is 2.20. The molecule has 0 bridgehead atoms. The van der Waals surface area contributed by atoms with Crippen LogP contribution >= 0.6 is 23.1 Å². The van der Waals surface area contributed by atoms with Gasteiger partial charge in [0.15, 0.2) is 17.1 Å². The van der Waals surface area contributed by atoms with Gasteiger partial charge in [-0.25, -0.2) is 0 Å². The first-order chi connectivity index (χ1) is 13.5. The van der Waals surface area contributed by atoms with Crippen molar-refractivity contribution in [3.63, 3.8) is 0 Å². The topological polar surface area (TPSA) is 94.8 Å². The van der Waals surface area contributed by atoms with Crippen molar-refractivity contribution in [3.8, 4) is 5.75 Å². The molecule has 0 aliphatic rings. The van der Waals surface area contributed by atoms with Gasteiger partial charge in [0.2, 0.25) is 11.0 Å². The summed E-state index contributed by atoms with van der Waals surface area (Å²) in [6, 6.07) is 5.99. The van der Waals surface area contributed by atoms with Gasteiger partial charge in [0, 0.05) is 6.54 Å². The molecule has 0 saturated heterocycles. The van der Waals surface area contributed by atoms with Gasteiger partial charge in [-0.05, 0) is 44.9 Å². The first-order valence-corrected chi connectivity index (χ1v) is 10.7. The number of aryl methyl sites for hydroxylation is 1. The minimum atomic E-state index is -0.266. The Labute approximate surface area is 171 Å². The Hall–Kier alpha value is -2.46. The van der Waals surface area contributed by atoms with E-state index in [1.165, 1.54) is 28.7 Å². The zero-order valence-corrected chi connectivity index (χ0v) is 17.8. The van der Waals surface area contributed by atoms with Crippen LogP contribution in [-0.4, -0.2) is 36.6 Å². The van der Waals surface area contributed by atoms with E-state index in [0.29, 0.717) is 16.8 Å². The third kappa shape index (κ3) is 4.68. The molecule has 0 saturated carbocycles. The summed E-state index contributed by atoms with van der Waals surface area (Å²) in [6.07, 6.45) is -0.266. The number of hydrogen-bond acceptors (Lipinski definition) is 8. The smallest absolute Gasteiger partial charge is 0.236 e. The van der Waals surface area contributed by atoms with Crippen LogP contribution < -0.4 is 10.1 Å². The molecule has 0 aliphatic heterocycles. The quantitative estimate of drug-likeness (QED) is 0.558. The summed E-state index contributed by atoms with van der Waals surface area (Å²) < 4.78 is 8.11. The van der Waals surface area contributed by atoms with Crippen LogP contribution in [0.3, 0.4) is 0 Å². The van der Waals surface area contributed by atoms with E-state index in [0.717, 1.165) is 17.1 Å². The first kappa shape index (κ1) is 20.3. The Balaban J connectivity index is 1.67. The van der Waals surface area contributed by atoms with Crippen LogP contribution in [0.1, 0.15) is 36.9 Å². The molecule has 2 heterocycles. The maximum atomic E-state index is 12.1. The molecule has 8 nitrogen and oxygen atoms in total. The number of rotatable bonds is 8. The van der Waals surface area contributed by atoms with Crippen molar-refractivity contribution in [3.05, 3.63) is 40.7 Å². The Morgan fingerprint density at radius 1 is 1.32 bits per heavy atom. The third-order valence-corrected chi connectivity index (χ3v) is 5.80. The van der Waals surface area contributed by atoms with Crippen molar-refractivity contribution in [2.45, 2.75) is 45.5 Å². The van der Waals surface area contributed by atoms with E-state index in [9.17, 15) is 4.79 Å². The molecule has 1 amide bonds. The average molecular weight is 419 g/mol. The monoisotopic (exact) mass is 418 g/mol. The molecule has 1 aromatic carbocycles. The molecule has 1 N–H and O–H groups in total. The fourth-order valence-electron chi connectivity index (χ4n) is 2.61. The standard InChI is InChI=1S/C18H22N6O2S2/c1-5-24-16(13(4)26-14-8-6-7-11(2)12(14)3)21-23-18(24)27-9-15(25)20-17-22-19-10-28-17/h6-8,10,13H,5,9H2,1-4H3,(H,20,22,25). The molecule has 0 spiro atoms. The molecular formula is C18H22N6O2S2. The number of carbonyl (C=O) groups is 1. The molecule has 1 atom stereocenters. The molecule has 1 unspecified atom stereocenters. The molecule has 148 valence electrons. The van der Waals surface area contributed by atoms with E-state index in [1.54, 1.807) is 5.51 Å². The van der Waals surface area contributed by atoms with Crippen LogP contribution in [0, 0.1) is 13.8 Å². The Kier molecular flexibility index (Phi) is 6.63. The number of thioether (sulfide) groups is 1. The summed E-state index contributed by atoms with van der Waals surface area (Å²) in [5.41, 5.74) is 3.86. The maximum absolute atomic E-state index is 12.1. The SMILES string of the molecule is CCn1c(SCC(=O)Nc2nncs2)nnc1C(C)Oc1cccc(C)c1C. The lowest BCUT2D eigenvalue weighted by Crippen LogP contribution is -2.15. The van der Waals surface area contributed by atoms with E-state index in [2.05, 4.69) is 38.7 Å². The highest BCUT2D eigenvalue weighted by atomic mass is 32.2. The largest absolute Gasteiger partial charge is 0.482 e. The minimum absolute atomic E-state index is 0.159. The van der Waals surface area contributed by atoms with Crippen LogP contribution in [0.4, 0.5) is 5.13 Å². The van der Waals surface area contributed by atoms with E-state index < -0.39 is 0 Å². The molecule has 0 fully saturated rings. The number of benzene rings is 1. The molecule has 2 aromatic heterocycles. The lowest BCUT2D eigenvalue weighted by Gasteiger charge is -2.17. The fraction of sp³-hybridized carbons (Fsp3) is 0.389. The molecule has 10 heteroatoms. The molecule has 28 heavy (non-hydrogen) atoms. The van der Waals surface area contributed by atoms with Crippen molar-refractivity contribution in [1.82, 2.24) is 25.0 Å². The van der Waals surface area contributed by atoms with E-state index in [-0.39, 0.29) is 17.8 Å². The minimum Gasteiger partial charge on any atom is -0.482 e. The average Bonchev–Trinajstić information content (AvgIpc) is 3.33. The van der Waals surface area contributed by atoms with E-state index >= 15 is 0 Å². The number of anilines is 1. The molecule has 0 radical (unpaired) electrons. The van der Waals surface area contributed by atoms with Crippen LogP contribution in [-0.2, 0) is 11.3 Å². The van der Waals surface area contributed by atoms with Gasteiger partial charge in [0.25, 0.3) is 0 Å². The highest BCUT2D eigenvalue weighted by Crippen LogP contribution is 2.28. The summed E-state index contributed by atoms with van der Waals surface area (Å²) in [7, 11) is 0. The van der Waals surface area contributed by atoms with E-state index in [1.807, 2.05) is 37.5 Å². The number of hydrogen-bond donors (Lipinski definition) is 1. The van der Waals surface area contributed by atoms with Crippen LogP contribution in [0.2, 0.25) is 0 Å². The van der Waals surface area contributed by atoms with Crippen molar-refractivity contribution in [1.29, 1.82) is 0 Å². The van der Waals surface area contributed by atoms with Crippen molar-refractivity contribution >= 4 is 34.1 Å². The summed E-state index contributed by atoms with van der Waals surface area (Å²) in [5.74, 6) is 1.62. The number of ether oxygens (including phenoxy) is 1. The van der Waals surface area contributed by atoms with Gasteiger partial charge in [0.1, 0.15) is 11.3 Å². The van der Waals surface area contributed by atoms with Gasteiger partial charge in [-0.3, -0.25) is 10.1 Å². The lowest BCUT2D eigenvalue weighted by atomic mass is 10.1. The molecule has 3 aromatic rings. The zero-order chi connectivity index (χ0) is 20.1. The zero-order valence-electron chi connectivity index (χ0n) is 16.2. The molecular weight excluding hydrogens is 396 g/mol. The lowest BCUT2D eigenvalue weighted by molar-refractivity contribution is -0.113. The van der Waals surface area contributed by atoms with Crippen molar-refractivity contribution in [2.75, 3.05) is 11.1 Å². The molecule has 0 aliphatic carbocycles. The number of carbonyl (C=O) groups excluding carboxylic acids is 1.